The zero-order valence-corrected chi connectivity index (χ0v) is 16.4. The maximum atomic E-state index is 13.8. The van der Waals surface area contributed by atoms with Gasteiger partial charge < -0.3 is 9.64 Å². The first-order chi connectivity index (χ1) is 14.9. The van der Waals surface area contributed by atoms with Crippen molar-refractivity contribution >= 4 is 23.0 Å². The Morgan fingerprint density at radius 2 is 1.58 bits per heavy atom. The summed E-state index contributed by atoms with van der Waals surface area (Å²) in [6.45, 7) is 2.40. The largest absolute Gasteiger partial charge is 0.417 e. The SMILES string of the molecule is O=C1C(c2ccccc2C(F)(F)F)=C2N=C(N3CCCOCC3)N=C2c2ccccc21. The van der Waals surface area contributed by atoms with Crippen LogP contribution in [0.25, 0.3) is 5.57 Å². The Morgan fingerprint density at radius 3 is 2.35 bits per heavy atom. The fourth-order valence-corrected chi connectivity index (χ4v) is 4.11. The van der Waals surface area contributed by atoms with Crippen LogP contribution in [0.2, 0.25) is 0 Å². The maximum absolute atomic E-state index is 13.8. The topological polar surface area (TPSA) is 54.3 Å². The molecule has 8 heteroatoms. The van der Waals surface area contributed by atoms with E-state index in [-0.39, 0.29) is 16.8 Å². The van der Waals surface area contributed by atoms with Crippen molar-refractivity contribution in [1.29, 1.82) is 0 Å². The van der Waals surface area contributed by atoms with E-state index in [1.807, 2.05) is 4.90 Å². The Hall–Kier alpha value is -3.26. The van der Waals surface area contributed by atoms with Gasteiger partial charge in [0.1, 0.15) is 11.4 Å². The van der Waals surface area contributed by atoms with Gasteiger partial charge in [0.05, 0.1) is 17.7 Å². The summed E-state index contributed by atoms with van der Waals surface area (Å²) in [5, 5.41) is 0. The van der Waals surface area contributed by atoms with E-state index in [1.54, 1.807) is 24.3 Å². The lowest BCUT2D eigenvalue weighted by atomic mass is 9.82. The molecule has 5 nitrogen and oxygen atoms in total. The van der Waals surface area contributed by atoms with Crippen molar-refractivity contribution in [3.8, 4) is 0 Å². The molecule has 2 aromatic carbocycles. The average molecular weight is 425 g/mol. The third-order valence-electron chi connectivity index (χ3n) is 5.55. The van der Waals surface area contributed by atoms with Gasteiger partial charge in [-0.25, -0.2) is 9.98 Å². The summed E-state index contributed by atoms with van der Waals surface area (Å²) < 4.78 is 46.8. The fraction of sp³-hybridized carbons (Fsp3) is 0.261. The van der Waals surface area contributed by atoms with Crippen LogP contribution in [0.3, 0.4) is 0 Å². The minimum Gasteiger partial charge on any atom is -0.380 e. The molecule has 2 heterocycles. The highest BCUT2D eigenvalue weighted by atomic mass is 19.4. The number of hydrogen-bond donors (Lipinski definition) is 0. The number of carbonyl (C=O) groups excluding carboxylic acids is 1. The Balaban J connectivity index is 1.73. The summed E-state index contributed by atoms with van der Waals surface area (Å²) >= 11 is 0. The number of nitrogens with zero attached hydrogens (tertiary/aromatic N) is 3. The molecule has 0 atom stereocenters. The molecular formula is C23H18F3N3O2. The zero-order valence-electron chi connectivity index (χ0n) is 16.4. The smallest absolute Gasteiger partial charge is 0.380 e. The Labute approximate surface area is 176 Å². The molecule has 0 spiro atoms. The van der Waals surface area contributed by atoms with E-state index < -0.39 is 17.5 Å². The normalized spacial score (nSPS) is 18.9. The van der Waals surface area contributed by atoms with Gasteiger partial charge in [-0.15, -0.1) is 0 Å². The lowest BCUT2D eigenvalue weighted by molar-refractivity contribution is -0.137. The van der Waals surface area contributed by atoms with Crippen LogP contribution in [0.5, 0.6) is 0 Å². The second kappa shape index (κ2) is 7.46. The highest BCUT2D eigenvalue weighted by Crippen LogP contribution is 2.41. The molecule has 2 aliphatic heterocycles. The molecule has 0 unspecified atom stereocenters. The summed E-state index contributed by atoms with van der Waals surface area (Å²) in [6, 6.07) is 12.0. The molecule has 2 aromatic rings. The number of ether oxygens (including phenoxy) is 1. The van der Waals surface area contributed by atoms with Crippen molar-refractivity contribution in [3.05, 3.63) is 76.5 Å². The van der Waals surface area contributed by atoms with E-state index >= 15 is 0 Å². The number of hydrogen-bond acceptors (Lipinski definition) is 5. The zero-order chi connectivity index (χ0) is 21.6. The van der Waals surface area contributed by atoms with Crippen molar-refractivity contribution in [1.82, 2.24) is 4.90 Å². The van der Waals surface area contributed by atoms with Crippen molar-refractivity contribution < 1.29 is 22.7 Å². The molecule has 1 saturated heterocycles. The summed E-state index contributed by atoms with van der Waals surface area (Å²) in [5.74, 6) is -0.0764. The molecule has 3 aliphatic rings. The van der Waals surface area contributed by atoms with E-state index in [1.165, 1.54) is 18.2 Å². The van der Waals surface area contributed by atoms with Crippen molar-refractivity contribution in [2.75, 3.05) is 26.3 Å². The van der Waals surface area contributed by atoms with Gasteiger partial charge in [0, 0.05) is 36.4 Å². The van der Waals surface area contributed by atoms with E-state index in [9.17, 15) is 18.0 Å². The highest BCUT2D eigenvalue weighted by Gasteiger charge is 2.40. The van der Waals surface area contributed by atoms with Crippen LogP contribution < -0.4 is 0 Å². The highest BCUT2D eigenvalue weighted by molar-refractivity contribution is 6.43. The van der Waals surface area contributed by atoms with Gasteiger partial charge in [0.2, 0.25) is 5.96 Å². The van der Waals surface area contributed by atoms with Gasteiger partial charge in [-0.2, -0.15) is 13.2 Å². The Morgan fingerprint density at radius 1 is 0.871 bits per heavy atom. The number of alkyl halides is 3. The van der Waals surface area contributed by atoms with Gasteiger partial charge in [0.15, 0.2) is 5.78 Å². The fourth-order valence-electron chi connectivity index (χ4n) is 4.11. The minimum atomic E-state index is -4.61. The number of guanidine groups is 1. The molecule has 0 saturated carbocycles. The van der Waals surface area contributed by atoms with Gasteiger partial charge in [-0.05, 0) is 12.5 Å². The Kier molecular flexibility index (Phi) is 4.74. The van der Waals surface area contributed by atoms with Crippen molar-refractivity contribution in [2.45, 2.75) is 12.6 Å². The molecule has 158 valence electrons. The number of fused-ring (bicyclic) bond motifs is 3. The molecule has 0 N–H and O–H groups in total. The molecule has 0 aromatic heterocycles. The molecule has 1 aliphatic carbocycles. The monoisotopic (exact) mass is 425 g/mol. The van der Waals surface area contributed by atoms with E-state index in [2.05, 4.69) is 9.98 Å². The second-order valence-electron chi connectivity index (χ2n) is 7.47. The summed E-state index contributed by atoms with van der Waals surface area (Å²) in [4.78, 5) is 24.6. The third-order valence-corrected chi connectivity index (χ3v) is 5.55. The van der Waals surface area contributed by atoms with E-state index in [0.717, 1.165) is 12.5 Å². The van der Waals surface area contributed by atoms with Gasteiger partial charge >= 0.3 is 6.18 Å². The first-order valence-electron chi connectivity index (χ1n) is 10.0. The van der Waals surface area contributed by atoms with Gasteiger partial charge in [0.25, 0.3) is 0 Å². The van der Waals surface area contributed by atoms with Gasteiger partial charge in [-0.3, -0.25) is 4.79 Å². The molecule has 31 heavy (non-hydrogen) atoms. The maximum Gasteiger partial charge on any atom is 0.417 e. The number of aliphatic imine (C=N–C) groups is 2. The molecule has 0 amide bonds. The molecular weight excluding hydrogens is 407 g/mol. The first kappa shape index (κ1) is 19.7. The number of Topliss-reactive ketones (excluding diaryl/α,β-unsaturated/α-hetero) is 1. The van der Waals surface area contributed by atoms with Crippen LogP contribution in [0.15, 0.2) is 64.2 Å². The number of ketones is 1. The van der Waals surface area contributed by atoms with Crippen LogP contribution in [0.1, 0.15) is 33.5 Å². The lowest BCUT2D eigenvalue weighted by Gasteiger charge is -2.21. The summed E-state index contributed by atoms with van der Waals surface area (Å²) in [5.41, 5.74) is 0.431. The predicted octanol–water partition coefficient (Wildman–Crippen LogP) is 4.19. The summed E-state index contributed by atoms with van der Waals surface area (Å²) in [7, 11) is 0. The molecule has 1 fully saturated rings. The standard InChI is InChI=1S/C23H18F3N3O2/c24-23(25,26)17-9-4-3-8-16(17)18-20-19(14-6-1-2-7-15(14)21(18)30)27-22(28-20)29-10-5-12-31-13-11-29/h1-4,6-9H,5,10-13H2. The Bertz CT molecular complexity index is 1160. The first-order valence-corrected chi connectivity index (χ1v) is 10.0. The van der Waals surface area contributed by atoms with E-state index in [4.69, 9.17) is 4.74 Å². The van der Waals surface area contributed by atoms with Crippen LogP contribution in [0.4, 0.5) is 13.2 Å². The van der Waals surface area contributed by atoms with E-state index in [0.29, 0.717) is 49.1 Å². The second-order valence-corrected chi connectivity index (χ2v) is 7.47. The number of halogens is 3. The molecule has 0 bridgehead atoms. The van der Waals surface area contributed by atoms with Crippen molar-refractivity contribution in [2.24, 2.45) is 9.98 Å². The molecule has 5 rings (SSSR count). The molecule has 0 radical (unpaired) electrons. The quantitative estimate of drug-likeness (QED) is 0.689. The number of allylic oxidation sites excluding steroid dienone is 2. The van der Waals surface area contributed by atoms with Crippen LogP contribution in [-0.2, 0) is 10.9 Å². The number of carbonyl (C=O) groups is 1. The summed E-state index contributed by atoms with van der Waals surface area (Å²) in [6.07, 6.45) is -3.81. The van der Waals surface area contributed by atoms with Gasteiger partial charge in [-0.1, -0.05) is 42.5 Å². The van der Waals surface area contributed by atoms with Crippen molar-refractivity contribution in [3.63, 3.8) is 0 Å². The number of rotatable bonds is 1. The lowest BCUT2D eigenvalue weighted by Crippen LogP contribution is -2.31. The minimum absolute atomic E-state index is 0.0635. The predicted molar refractivity (Wildman–Crippen MR) is 110 cm³/mol. The van der Waals surface area contributed by atoms with Crippen LogP contribution in [-0.4, -0.2) is 48.7 Å². The average Bonchev–Trinajstić information content (AvgIpc) is 3.01. The third kappa shape index (κ3) is 3.37. The van der Waals surface area contributed by atoms with Crippen LogP contribution >= 0.6 is 0 Å². The number of benzene rings is 2. The van der Waals surface area contributed by atoms with Crippen LogP contribution in [0, 0.1) is 0 Å².